The van der Waals surface area contributed by atoms with Crippen LogP contribution in [0.4, 0.5) is 0 Å². The largest absolute Gasteiger partial charge is 0.492 e. The molecular formula is C15H20N4O2. The van der Waals surface area contributed by atoms with Crippen LogP contribution in [0.25, 0.3) is 5.69 Å². The Bertz CT molecular complexity index is 605. The number of nitrogens with two attached hydrogens (primary N) is 1. The summed E-state index contributed by atoms with van der Waals surface area (Å²) in [5.74, 6) is 0.785. The standard InChI is InChI=1S/C15H20N4O2/c1-2-20-13-7-4-3-6-12(13)19-15(11(10-16)17-18-19)14-8-5-9-21-14/h3-4,6-7,14H,2,5,8-10,16H2,1H3. The van der Waals surface area contributed by atoms with Crippen LogP contribution in [0.3, 0.4) is 0 Å². The van der Waals surface area contributed by atoms with Crippen LogP contribution in [0.15, 0.2) is 24.3 Å². The van der Waals surface area contributed by atoms with Crippen molar-refractivity contribution in [1.29, 1.82) is 0 Å². The fourth-order valence-corrected chi connectivity index (χ4v) is 2.67. The molecule has 6 nitrogen and oxygen atoms in total. The zero-order chi connectivity index (χ0) is 14.7. The van der Waals surface area contributed by atoms with Gasteiger partial charge in [-0.15, -0.1) is 5.10 Å². The maximum absolute atomic E-state index is 5.80. The van der Waals surface area contributed by atoms with Crippen molar-refractivity contribution in [1.82, 2.24) is 15.0 Å². The minimum absolute atomic E-state index is 0.00762. The van der Waals surface area contributed by atoms with Crippen molar-refractivity contribution in [3.8, 4) is 11.4 Å². The third kappa shape index (κ3) is 2.64. The first-order chi connectivity index (χ1) is 10.3. The monoisotopic (exact) mass is 288 g/mol. The quantitative estimate of drug-likeness (QED) is 0.910. The minimum Gasteiger partial charge on any atom is -0.492 e. The first-order valence-electron chi connectivity index (χ1n) is 7.33. The highest BCUT2D eigenvalue weighted by Gasteiger charge is 2.27. The van der Waals surface area contributed by atoms with E-state index in [1.807, 2.05) is 35.9 Å². The Balaban J connectivity index is 2.08. The summed E-state index contributed by atoms with van der Waals surface area (Å²) in [6, 6.07) is 7.81. The van der Waals surface area contributed by atoms with Crippen molar-refractivity contribution in [3.05, 3.63) is 35.7 Å². The number of aromatic nitrogens is 3. The number of para-hydroxylation sites is 2. The van der Waals surface area contributed by atoms with Gasteiger partial charge in [-0.05, 0) is 31.9 Å². The van der Waals surface area contributed by atoms with Crippen LogP contribution in [0.1, 0.15) is 37.3 Å². The molecule has 2 aromatic rings. The Morgan fingerprint density at radius 2 is 2.29 bits per heavy atom. The van der Waals surface area contributed by atoms with Crippen molar-refractivity contribution >= 4 is 0 Å². The van der Waals surface area contributed by atoms with Gasteiger partial charge in [0.2, 0.25) is 0 Å². The fourth-order valence-electron chi connectivity index (χ4n) is 2.67. The Kier molecular flexibility index (Phi) is 4.17. The van der Waals surface area contributed by atoms with E-state index in [1.165, 1.54) is 0 Å². The van der Waals surface area contributed by atoms with E-state index in [0.29, 0.717) is 13.2 Å². The van der Waals surface area contributed by atoms with Crippen molar-refractivity contribution in [2.24, 2.45) is 5.73 Å². The van der Waals surface area contributed by atoms with E-state index in [9.17, 15) is 0 Å². The third-order valence-electron chi connectivity index (χ3n) is 3.60. The highest BCUT2D eigenvalue weighted by atomic mass is 16.5. The molecule has 1 aromatic carbocycles. The first-order valence-corrected chi connectivity index (χ1v) is 7.33. The zero-order valence-electron chi connectivity index (χ0n) is 12.2. The topological polar surface area (TPSA) is 75.2 Å². The lowest BCUT2D eigenvalue weighted by atomic mass is 10.1. The summed E-state index contributed by atoms with van der Waals surface area (Å²) in [6.45, 7) is 3.69. The predicted molar refractivity (Wildman–Crippen MR) is 78.3 cm³/mol. The Hall–Kier alpha value is -1.92. The molecular weight excluding hydrogens is 268 g/mol. The third-order valence-corrected chi connectivity index (χ3v) is 3.60. The molecule has 0 spiro atoms. The average molecular weight is 288 g/mol. The first kappa shape index (κ1) is 14.0. The van der Waals surface area contributed by atoms with E-state index >= 15 is 0 Å². The highest BCUT2D eigenvalue weighted by molar-refractivity contribution is 5.47. The van der Waals surface area contributed by atoms with Crippen LogP contribution in [-0.2, 0) is 11.3 Å². The molecule has 1 saturated heterocycles. The number of ether oxygens (including phenoxy) is 2. The molecule has 1 aromatic heterocycles. The van der Waals surface area contributed by atoms with E-state index < -0.39 is 0 Å². The summed E-state index contributed by atoms with van der Waals surface area (Å²) in [4.78, 5) is 0. The Labute approximate surface area is 123 Å². The molecule has 1 fully saturated rings. The van der Waals surface area contributed by atoms with E-state index in [1.54, 1.807) is 0 Å². The van der Waals surface area contributed by atoms with Crippen molar-refractivity contribution in [3.63, 3.8) is 0 Å². The molecule has 2 N–H and O–H groups in total. The highest BCUT2D eigenvalue weighted by Crippen LogP contribution is 2.33. The molecule has 1 aliphatic rings. The van der Waals surface area contributed by atoms with Gasteiger partial charge in [-0.25, -0.2) is 4.68 Å². The molecule has 0 bridgehead atoms. The summed E-state index contributed by atoms with van der Waals surface area (Å²) in [6.07, 6.45) is 2.03. The van der Waals surface area contributed by atoms with Crippen molar-refractivity contribution in [2.45, 2.75) is 32.4 Å². The number of hydrogen-bond donors (Lipinski definition) is 1. The summed E-state index contributed by atoms with van der Waals surface area (Å²) < 4.78 is 13.3. The van der Waals surface area contributed by atoms with E-state index in [4.69, 9.17) is 15.2 Å². The molecule has 0 amide bonds. The molecule has 0 radical (unpaired) electrons. The Morgan fingerprint density at radius 1 is 1.43 bits per heavy atom. The van der Waals surface area contributed by atoms with Gasteiger partial charge in [-0.2, -0.15) is 0 Å². The lowest BCUT2D eigenvalue weighted by molar-refractivity contribution is 0.106. The van der Waals surface area contributed by atoms with E-state index in [0.717, 1.165) is 42.3 Å². The van der Waals surface area contributed by atoms with Gasteiger partial charge in [0.15, 0.2) is 0 Å². The van der Waals surface area contributed by atoms with Crippen LogP contribution >= 0.6 is 0 Å². The smallest absolute Gasteiger partial charge is 0.145 e. The number of rotatable bonds is 5. The van der Waals surface area contributed by atoms with Crippen LogP contribution < -0.4 is 10.5 Å². The number of benzene rings is 1. The summed E-state index contributed by atoms with van der Waals surface area (Å²) in [5.41, 5.74) is 8.41. The number of hydrogen-bond acceptors (Lipinski definition) is 5. The van der Waals surface area contributed by atoms with Gasteiger partial charge in [0.1, 0.15) is 23.2 Å². The second-order valence-electron chi connectivity index (χ2n) is 4.94. The molecule has 21 heavy (non-hydrogen) atoms. The average Bonchev–Trinajstić information content (AvgIpc) is 3.16. The van der Waals surface area contributed by atoms with Crippen LogP contribution in [-0.4, -0.2) is 28.2 Å². The lowest BCUT2D eigenvalue weighted by Crippen LogP contribution is -2.12. The molecule has 1 aliphatic heterocycles. The predicted octanol–water partition coefficient (Wildman–Crippen LogP) is 1.98. The molecule has 0 saturated carbocycles. The maximum Gasteiger partial charge on any atom is 0.145 e. The molecule has 0 aliphatic carbocycles. The van der Waals surface area contributed by atoms with Crippen LogP contribution in [0.5, 0.6) is 5.75 Å². The van der Waals surface area contributed by atoms with Gasteiger partial charge in [0.05, 0.1) is 12.3 Å². The summed E-state index contributed by atoms with van der Waals surface area (Å²) >= 11 is 0. The number of nitrogens with zero attached hydrogens (tertiary/aromatic N) is 3. The van der Waals surface area contributed by atoms with Gasteiger partial charge < -0.3 is 15.2 Å². The molecule has 112 valence electrons. The van der Waals surface area contributed by atoms with Crippen molar-refractivity contribution < 1.29 is 9.47 Å². The maximum atomic E-state index is 5.80. The van der Waals surface area contributed by atoms with E-state index in [-0.39, 0.29) is 6.10 Å². The van der Waals surface area contributed by atoms with Gasteiger partial charge in [0.25, 0.3) is 0 Å². The van der Waals surface area contributed by atoms with Gasteiger partial charge >= 0.3 is 0 Å². The molecule has 3 rings (SSSR count). The molecule has 1 unspecified atom stereocenters. The Morgan fingerprint density at radius 3 is 3.00 bits per heavy atom. The van der Waals surface area contributed by atoms with Gasteiger partial charge in [-0.3, -0.25) is 0 Å². The van der Waals surface area contributed by atoms with Crippen LogP contribution in [0, 0.1) is 0 Å². The second kappa shape index (κ2) is 6.24. The SMILES string of the molecule is CCOc1ccccc1-n1nnc(CN)c1C1CCCO1. The van der Waals surface area contributed by atoms with Gasteiger partial charge in [0, 0.05) is 13.2 Å². The lowest BCUT2D eigenvalue weighted by Gasteiger charge is -2.15. The normalized spacial score (nSPS) is 18.1. The molecule has 2 heterocycles. The molecule has 6 heteroatoms. The summed E-state index contributed by atoms with van der Waals surface area (Å²) in [5, 5.41) is 8.48. The van der Waals surface area contributed by atoms with Crippen LogP contribution in [0.2, 0.25) is 0 Å². The van der Waals surface area contributed by atoms with Crippen molar-refractivity contribution in [2.75, 3.05) is 13.2 Å². The second-order valence-corrected chi connectivity index (χ2v) is 4.94. The zero-order valence-corrected chi connectivity index (χ0v) is 12.2. The fraction of sp³-hybridized carbons (Fsp3) is 0.467. The van der Waals surface area contributed by atoms with Gasteiger partial charge in [-0.1, -0.05) is 17.3 Å². The minimum atomic E-state index is 0.00762. The molecule has 1 atom stereocenters. The van der Waals surface area contributed by atoms with E-state index in [2.05, 4.69) is 10.3 Å². The summed E-state index contributed by atoms with van der Waals surface area (Å²) in [7, 11) is 0.